The number of carbonyl (C=O) groups excluding carboxylic acids is 1. The molecule has 0 saturated heterocycles. The minimum atomic E-state index is -0.355. The number of rotatable bonds is 4. The van der Waals surface area contributed by atoms with E-state index in [0.717, 1.165) is 16.3 Å². The van der Waals surface area contributed by atoms with Crippen molar-refractivity contribution in [3.05, 3.63) is 48.4 Å². The van der Waals surface area contributed by atoms with Gasteiger partial charge in [0.2, 0.25) is 11.7 Å². The van der Waals surface area contributed by atoms with Crippen LogP contribution in [0.25, 0.3) is 22.2 Å². The Balaban J connectivity index is 2.04. The molecule has 0 saturated carbocycles. The number of nitrogens with zero attached hydrogens (tertiary/aromatic N) is 2. The van der Waals surface area contributed by atoms with E-state index in [4.69, 9.17) is 4.52 Å². The Kier molecular flexibility index (Phi) is 3.52. The SMILES string of the molecule is CCC(=O)C(C)c1nc(-c2cccc3ccccc23)no1. The zero-order chi connectivity index (χ0) is 14.8. The Morgan fingerprint density at radius 2 is 1.95 bits per heavy atom. The van der Waals surface area contributed by atoms with Gasteiger partial charge < -0.3 is 4.52 Å². The second-order valence-electron chi connectivity index (χ2n) is 5.02. The van der Waals surface area contributed by atoms with E-state index in [2.05, 4.69) is 10.1 Å². The fraction of sp³-hybridized carbons (Fsp3) is 0.235. The second kappa shape index (κ2) is 5.48. The Hall–Kier alpha value is -2.49. The van der Waals surface area contributed by atoms with Crippen molar-refractivity contribution < 1.29 is 9.32 Å². The van der Waals surface area contributed by atoms with Crippen LogP contribution in [0.5, 0.6) is 0 Å². The van der Waals surface area contributed by atoms with Crippen LogP contribution in [-0.4, -0.2) is 15.9 Å². The summed E-state index contributed by atoms with van der Waals surface area (Å²) in [5.41, 5.74) is 0.916. The number of hydrogen-bond acceptors (Lipinski definition) is 4. The summed E-state index contributed by atoms with van der Waals surface area (Å²) in [5, 5.41) is 6.23. The lowest BCUT2D eigenvalue weighted by molar-refractivity contribution is -0.120. The molecular weight excluding hydrogens is 264 g/mol. The number of fused-ring (bicyclic) bond motifs is 1. The maximum atomic E-state index is 11.7. The maximum Gasteiger partial charge on any atom is 0.237 e. The summed E-state index contributed by atoms with van der Waals surface area (Å²) >= 11 is 0. The highest BCUT2D eigenvalue weighted by atomic mass is 16.5. The van der Waals surface area contributed by atoms with E-state index in [-0.39, 0.29) is 11.7 Å². The molecule has 4 heteroatoms. The molecule has 1 unspecified atom stereocenters. The molecule has 3 aromatic rings. The molecule has 1 aromatic heterocycles. The number of aromatic nitrogens is 2. The van der Waals surface area contributed by atoms with E-state index in [1.54, 1.807) is 6.92 Å². The first-order valence-electron chi connectivity index (χ1n) is 7.05. The van der Waals surface area contributed by atoms with Crippen molar-refractivity contribution in [2.45, 2.75) is 26.2 Å². The molecule has 1 heterocycles. The van der Waals surface area contributed by atoms with Crippen LogP contribution in [-0.2, 0) is 4.79 Å². The lowest BCUT2D eigenvalue weighted by atomic mass is 10.0. The van der Waals surface area contributed by atoms with Crippen LogP contribution in [0.1, 0.15) is 32.1 Å². The number of Topliss-reactive ketones (excluding diaryl/α,β-unsaturated/α-hetero) is 1. The summed E-state index contributed by atoms with van der Waals surface area (Å²) in [6, 6.07) is 14.0. The average Bonchev–Trinajstić information content (AvgIpc) is 3.02. The van der Waals surface area contributed by atoms with Crippen LogP contribution in [0.4, 0.5) is 0 Å². The highest BCUT2D eigenvalue weighted by Crippen LogP contribution is 2.27. The standard InChI is InChI=1S/C17H16N2O2/c1-3-15(20)11(2)17-18-16(19-21-17)14-10-6-8-12-7-4-5-9-13(12)14/h4-11H,3H2,1-2H3. The van der Waals surface area contributed by atoms with Crippen molar-refractivity contribution in [3.63, 3.8) is 0 Å². The van der Waals surface area contributed by atoms with E-state index in [1.807, 2.05) is 49.4 Å². The Labute approximate surface area is 122 Å². The quantitative estimate of drug-likeness (QED) is 0.725. The summed E-state index contributed by atoms with van der Waals surface area (Å²) in [6.07, 6.45) is 0.465. The summed E-state index contributed by atoms with van der Waals surface area (Å²) in [5.74, 6) is 0.650. The van der Waals surface area contributed by atoms with Gasteiger partial charge in [-0.25, -0.2) is 0 Å². The number of ketones is 1. The van der Waals surface area contributed by atoms with Crippen LogP contribution in [0, 0.1) is 0 Å². The fourth-order valence-electron chi connectivity index (χ4n) is 2.38. The Morgan fingerprint density at radius 3 is 2.76 bits per heavy atom. The molecule has 3 rings (SSSR count). The molecule has 0 radical (unpaired) electrons. The largest absolute Gasteiger partial charge is 0.338 e. The predicted octanol–water partition coefficient (Wildman–Crippen LogP) is 3.97. The average molecular weight is 280 g/mol. The molecule has 21 heavy (non-hydrogen) atoms. The van der Waals surface area contributed by atoms with Gasteiger partial charge in [0.25, 0.3) is 0 Å². The van der Waals surface area contributed by atoms with E-state index in [9.17, 15) is 4.79 Å². The van der Waals surface area contributed by atoms with Gasteiger partial charge in [0, 0.05) is 12.0 Å². The molecule has 0 aliphatic rings. The van der Waals surface area contributed by atoms with Crippen molar-refractivity contribution in [2.24, 2.45) is 0 Å². The third-order valence-electron chi connectivity index (χ3n) is 3.67. The molecule has 0 amide bonds. The lowest BCUT2D eigenvalue weighted by Crippen LogP contribution is -2.07. The highest BCUT2D eigenvalue weighted by Gasteiger charge is 2.21. The van der Waals surface area contributed by atoms with E-state index >= 15 is 0 Å². The van der Waals surface area contributed by atoms with Crippen molar-refractivity contribution in [1.29, 1.82) is 0 Å². The van der Waals surface area contributed by atoms with Crippen LogP contribution in [0.2, 0.25) is 0 Å². The van der Waals surface area contributed by atoms with Gasteiger partial charge in [0.05, 0.1) is 5.92 Å². The van der Waals surface area contributed by atoms with Gasteiger partial charge in [-0.3, -0.25) is 4.79 Å². The van der Waals surface area contributed by atoms with Crippen LogP contribution < -0.4 is 0 Å². The second-order valence-corrected chi connectivity index (χ2v) is 5.02. The predicted molar refractivity (Wildman–Crippen MR) is 81.0 cm³/mol. The van der Waals surface area contributed by atoms with Gasteiger partial charge in [0.15, 0.2) is 0 Å². The molecule has 0 aliphatic heterocycles. The van der Waals surface area contributed by atoms with Gasteiger partial charge in [0.1, 0.15) is 5.78 Å². The number of hydrogen-bond donors (Lipinski definition) is 0. The van der Waals surface area contributed by atoms with Gasteiger partial charge in [-0.2, -0.15) is 4.98 Å². The van der Waals surface area contributed by atoms with Gasteiger partial charge in [-0.1, -0.05) is 54.5 Å². The Bertz CT molecular complexity index is 787. The van der Waals surface area contributed by atoms with Crippen molar-refractivity contribution >= 4 is 16.6 Å². The molecule has 0 fully saturated rings. The van der Waals surface area contributed by atoms with Crippen LogP contribution in [0.15, 0.2) is 47.0 Å². The first-order chi connectivity index (χ1) is 10.2. The summed E-state index contributed by atoms with van der Waals surface area (Å²) in [4.78, 5) is 16.1. The highest BCUT2D eigenvalue weighted by molar-refractivity contribution is 5.95. The number of carbonyl (C=O) groups is 1. The minimum Gasteiger partial charge on any atom is -0.338 e. The molecule has 0 N–H and O–H groups in total. The molecule has 2 aromatic carbocycles. The molecule has 4 nitrogen and oxygen atoms in total. The van der Waals surface area contributed by atoms with Crippen LogP contribution in [0.3, 0.4) is 0 Å². The fourth-order valence-corrected chi connectivity index (χ4v) is 2.38. The van der Waals surface area contributed by atoms with Gasteiger partial charge >= 0.3 is 0 Å². The minimum absolute atomic E-state index is 0.100. The van der Waals surface area contributed by atoms with Crippen LogP contribution >= 0.6 is 0 Å². The van der Waals surface area contributed by atoms with Crippen molar-refractivity contribution in [3.8, 4) is 11.4 Å². The topological polar surface area (TPSA) is 56.0 Å². The molecule has 0 bridgehead atoms. The zero-order valence-electron chi connectivity index (χ0n) is 12.0. The van der Waals surface area contributed by atoms with E-state index in [1.165, 1.54) is 0 Å². The molecule has 106 valence electrons. The Morgan fingerprint density at radius 1 is 1.19 bits per heavy atom. The molecule has 1 atom stereocenters. The summed E-state index contributed by atoms with van der Waals surface area (Å²) in [6.45, 7) is 3.63. The van der Waals surface area contributed by atoms with Gasteiger partial charge in [-0.05, 0) is 17.7 Å². The first kappa shape index (κ1) is 13.5. The van der Waals surface area contributed by atoms with E-state index < -0.39 is 0 Å². The summed E-state index contributed by atoms with van der Waals surface area (Å²) < 4.78 is 5.27. The van der Waals surface area contributed by atoms with Gasteiger partial charge in [-0.15, -0.1) is 0 Å². The zero-order valence-corrected chi connectivity index (χ0v) is 12.0. The number of benzene rings is 2. The monoisotopic (exact) mass is 280 g/mol. The molecular formula is C17H16N2O2. The normalized spacial score (nSPS) is 12.5. The van der Waals surface area contributed by atoms with Crippen molar-refractivity contribution in [1.82, 2.24) is 10.1 Å². The third-order valence-corrected chi connectivity index (χ3v) is 3.67. The van der Waals surface area contributed by atoms with E-state index in [0.29, 0.717) is 18.1 Å². The third kappa shape index (κ3) is 2.44. The molecule has 0 aliphatic carbocycles. The molecule has 0 spiro atoms. The van der Waals surface area contributed by atoms with Crippen molar-refractivity contribution in [2.75, 3.05) is 0 Å². The summed E-state index contributed by atoms with van der Waals surface area (Å²) in [7, 11) is 0. The smallest absolute Gasteiger partial charge is 0.237 e. The lowest BCUT2D eigenvalue weighted by Gasteiger charge is -2.02. The first-order valence-corrected chi connectivity index (χ1v) is 7.05. The maximum absolute atomic E-state index is 11.7.